The molecular formula is C21H22N4O2. The van der Waals surface area contributed by atoms with Gasteiger partial charge in [0.1, 0.15) is 0 Å². The number of nitrogens with one attached hydrogen (secondary N) is 2. The van der Waals surface area contributed by atoms with Gasteiger partial charge in [0.15, 0.2) is 0 Å². The van der Waals surface area contributed by atoms with Crippen LogP contribution in [0.1, 0.15) is 42.7 Å². The van der Waals surface area contributed by atoms with Crippen LogP contribution < -0.4 is 10.7 Å². The number of fused-ring (bicyclic) bond motifs is 1. The molecule has 27 heavy (non-hydrogen) atoms. The van der Waals surface area contributed by atoms with Gasteiger partial charge in [-0.2, -0.15) is 5.10 Å². The number of anilines is 1. The molecule has 2 N–H and O–H groups in total. The molecular weight excluding hydrogens is 340 g/mol. The van der Waals surface area contributed by atoms with Crippen LogP contribution in [0.5, 0.6) is 0 Å². The van der Waals surface area contributed by atoms with Crippen molar-refractivity contribution in [3.8, 4) is 0 Å². The molecule has 0 saturated heterocycles. The van der Waals surface area contributed by atoms with Crippen molar-refractivity contribution in [1.29, 1.82) is 0 Å². The second-order valence-corrected chi connectivity index (χ2v) is 6.56. The summed E-state index contributed by atoms with van der Waals surface area (Å²) < 4.78 is 2.18. The second kappa shape index (κ2) is 7.86. The van der Waals surface area contributed by atoms with Gasteiger partial charge in [-0.3, -0.25) is 9.59 Å². The number of hydrazone groups is 1. The highest BCUT2D eigenvalue weighted by atomic mass is 16.2. The van der Waals surface area contributed by atoms with Gasteiger partial charge in [0.25, 0.3) is 5.91 Å². The van der Waals surface area contributed by atoms with Gasteiger partial charge in [-0.1, -0.05) is 24.3 Å². The van der Waals surface area contributed by atoms with Gasteiger partial charge in [0, 0.05) is 46.9 Å². The summed E-state index contributed by atoms with van der Waals surface area (Å²) in [5.74, 6) is -0.529. The number of benzene rings is 2. The monoisotopic (exact) mass is 362 g/mol. The first kappa shape index (κ1) is 18.4. The van der Waals surface area contributed by atoms with Crippen molar-refractivity contribution in [2.45, 2.75) is 26.8 Å². The fraction of sp³-hybridized carbons (Fsp3) is 0.190. The van der Waals surface area contributed by atoms with Crippen molar-refractivity contribution in [2.24, 2.45) is 5.10 Å². The molecule has 0 aliphatic heterocycles. The van der Waals surface area contributed by atoms with Gasteiger partial charge in [-0.15, -0.1) is 0 Å². The van der Waals surface area contributed by atoms with Gasteiger partial charge >= 0.3 is 0 Å². The molecule has 6 nitrogen and oxygen atoms in total. The molecule has 1 heterocycles. The van der Waals surface area contributed by atoms with E-state index in [1.54, 1.807) is 30.5 Å². The highest BCUT2D eigenvalue weighted by Crippen LogP contribution is 2.23. The Labute approximate surface area is 157 Å². The van der Waals surface area contributed by atoms with Crippen molar-refractivity contribution in [3.05, 3.63) is 65.9 Å². The standard InChI is InChI=1S/C21H22N4O2/c1-14(2)25-13-17(19-9-4-5-10-20(19)25)12-22-24-21(27)16-7-6-8-18(11-16)23-15(3)26/h4-14H,1-3H3,(H,23,26)(H,24,27). The maximum absolute atomic E-state index is 12.3. The van der Waals surface area contributed by atoms with Crippen molar-refractivity contribution >= 4 is 34.6 Å². The van der Waals surface area contributed by atoms with E-state index in [-0.39, 0.29) is 11.8 Å². The van der Waals surface area contributed by atoms with E-state index in [2.05, 4.69) is 40.3 Å². The Kier molecular flexibility index (Phi) is 5.35. The Morgan fingerprint density at radius 2 is 1.89 bits per heavy atom. The van der Waals surface area contributed by atoms with Crippen LogP contribution in [-0.4, -0.2) is 22.6 Å². The van der Waals surface area contributed by atoms with Crippen LogP contribution in [0.2, 0.25) is 0 Å². The van der Waals surface area contributed by atoms with Crippen LogP contribution in [-0.2, 0) is 4.79 Å². The van der Waals surface area contributed by atoms with Crippen LogP contribution >= 0.6 is 0 Å². The van der Waals surface area contributed by atoms with Gasteiger partial charge in [0.2, 0.25) is 5.91 Å². The molecule has 0 aliphatic carbocycles. The lowest BCUT2D eigenvalue weighted by Crippen LogP contribution is -2.18. The highest BCUT2D eigenvalue weighted by Gasteiger charge is 2.09. The SMILES string of the molecule is CC(=O)Nc1cccc(C(=O)NN=Cc2cn(C(C)C)c3ccccc23)c1. The zero-order valence-electron chi connectivity index (χ0n) is 15.6. The maximum Gasteiger partial charge on any atom is 0.271 e. The average molecular weight is 362 g/mol. The molecule has 0 atom stereocenters. The third-order valence-electron chi connectivity index (χ3n) is 4.14. The minimum Gasteiger partial charge on any atom is -0.344 e. The first-order valence-electron chi connectivity index (χ1n) is 8.76. The lowest BCUT2D eigenvalue weighted by atomic mass is 10.2. The molecule has 0 aliphatic rings. The van der Waals surface area contributed by atoms with E-state index in [1.807, 2.05) is 24.4 Å². The molecule has 0 saturated carbocycles. The number of aromatic nitrogens is 1. The Balaban J connectivity index is 1.77. The van der Waals surface area contributed by atoms with Crippen LogP contribution in [0, 0.1) is 0 Å². The van der Waals surface area contributed by atoms with E-state index in [0.29, 0.717) is 17.3 Å². The van der Waals surface area contributed by atoms with Crippen molar-refractivity contribution in [1.82, 2.24) is 9.99 Å². The number of carbonyl (C=O) groups excluding carboxylic acids is 2. The van der Waals surface area contributed by atoms with Gasteiger partial charge in [0.05, 0.1) is 6.21 Å². The van der Waals surface area contributed by atoms with Crippen LogP contribution in [0.25, 0.3) is 10.9 Å². The topological polar surface area (TPSA) is 75.5 Å². The van der Waals surface area contributed by atoms with E-state index in [9.17, 15) is 9.59 Å². The smallest absolute Gasteiger partial charge is 0.271 e. The van der Waals surface area contributed by atoms with E-state index in [0.717, 1.165) is 16.5 Å². The number of nitrogens with zero attached hydrogens (tertiary/aromatic N) is 2. The zero-order valence-corrected chi connectivity index (χ0v) is 15.6. The normalized spacial score (nSPS) is 11.3. The number of hydrogen-bond acceptors (Lipinski definition) is 3. The predicted octanol–water partition coefficient (Wildman–Crippen LogP) is 3.94. The van der Waals surface area contributed by atoms with Crippen molar-refractivity contribution < 1.29 is 9.59 Å². The van der Waals surface area contributed by atoms with E-state index in [4.69, 9.17) is 0 Å². The molecule has 1 aromatic heterocycles. The number of para-hydroxylation sites is 1. The van der Waals surface area contributed by atoms with E-state index >= 15 is 0 Å². The third kappa shape index (κ3) is 4.23. The Bertz CT molecular complexity index is 1020. The molecule has 2 amide bonds. The second-order valence-electron chi connectivity index (χ2n) is 6.56. The lowest BCUT2D eigenvalue weighted by molar-refractivity contribution is -0.114. The summed E-state index contributed by atoms with van der Waals surface area (Å²) in [6.45, 7) is 5.67. The van der Waals surface area contributed by atoms with Crippen LogP contribution in [0.3, 0.4) is 0 Å². The molecule has 6 heteroatoms. The van der Waals surface area contributed by atoms with Gasteiger partial charge in [-0.05, 0) is 38.1 Å². The third-order valence-corrected chi connectivity index (χ3v) is 4.14. The molecule has 3 aromatic rings. The average Bonchev–Trinajstić information content (AvgIpc) is 3.00. The quantitative estimate of drug-likeness (QED) is 0.533. The Morgan fingerprint density at radius 1 is 1.11 bits per heavy atom. The first-order chi connectivity index (χ1) is 13.0. The first-order valence-corrected chi connectivity index (χ1v) is 8.76. The minimum absolute atomic E-state index is 0.188. The summed E-state index contributed by atoms with van der Waals surface area (Å²) in [6.07, 6.45) is 3.68. The summed E-state index contributed by atoms with van der Waals surface area (Å²) in [6, 6.07) is 15.1. The molecule has 2 aromatic carbocycles. The Hall–Kier alpha value is -3.41. The molecule has 0 fully saturated rings. The van der Waals surface area contributed by atoms with Crippen molar-refractivity contribution in [2.75, 3.05) is 5.32 Å². The minimum atomic E-state index is -0.342. The van der Waals surface area contributed by atoms with Crippen LogP contribution in [0.15, 0.2) is 59.8 Å². The number of carbonyl (C=O) groups is 2. The fourth-order valence-corrected chi connectivity index (χ4v) is 2.93. The van der Waals surface area contributed by atoms with E-state index in [1.165, 1.54) is 6.92 Å². The molecule has 0 spiro atoms. The van der Waals surface area contributed by atoms with Crippen LogP contribution in [0.4, 0.5) is 5.69 Å². The molecule has 138 valence electrons. The summed E-state index contributed by atoms with van der Waals surface area (Å²) in [5, 5.41) is 7.84. The predicted molar refractivity (Wildman–Crippen MR) is 108 cm³/mol. The molecule has 0 unspecified atom stereocenters. The molecule has 0 bridgehead atoms. The number of hydrogen-bond donors (Lipinski definition) is 2. The van der Waals surface area contributed by atoms with Gasteiger partial charge in [-0.25, -0.2) is 5.43 Å². The number of amides is 2. The largest absolute Gasteiger partial charge is 0.344 e. The maximum atomic E-state index is 12.3. The zero-order chi connectivity index (χ0) is 19.4. The Morgan fingerprint density at radius 3 is 2.63 bits per heavy atom. The fourth-order valence-electron chi connectivity index (χ4n) is 2.93. The summed E-state index contributed by atoms with van der Waals surface area (Å²) in [7, 11) is 0. The molecule has 0 radical (unpaired) electrons. The summed E-state index contributed by atoms with van der Waals surface area (Å²) in [4.78, 5) is 23.5. The van der Waals surface area contributed by atoms with E-state index < -0.39 is 0 Å². The van der Waals surface area contributed by atoms with Gasteiger partial charge < -0.3 is 9.88 Å². The number of rotatable bonds is 5. The lowest BCUT2D eigenvalue weighted by Gasteiger charge is -2.08. The van der Waals surface area contributed by atoms with Crippen molar-refractivity contribution in [3.63, 3.8) is 0 Å². The molecule has 3 rings (SSSR count). The summed E-state index contributed by atoms with van der Waals surface area (Å²) in [5.41, 5.74) is 5.59. The highest BCUT2D eigenvalue weighted by molar-refractivity contribution is 6.01. The summed E-state index contributed by atoms with van der Waals surface area (Å²) >= 11 is 0.